The van der Waals surface area contributed by atoms with Crippen LogP contribution in [0, 0.1) is 0 Å². The molecule has 2 heterocycles. The van der Waals surface area contributed by atoms with Crippen molar-refractivity contribution in [3.05, 3.63) is 76.4 Å². The molecule has 0 atom stereocenters. The number of benzene rings is 2. The molecule has 0 radical (unpaired) electrons. The number of nitrogens with zero attached hydrogens (tertiary/aromatic N) is 3. The van der Waals surface area contributed by atoms with Crippen LogP contribution in [0.4, 0.5) is 0 Å². The standard InChI is InChI=1S/C20H15BrN4O/c1-13-18(20(26)23-22-13)11-15-12-25(17-5-3-2-4-6-17)24-19(15)14-7-9-16(21)10-8-14/h2-12H,1H3,(H,23,26). The van der Waals surface area contributed by atoms with Gasteiger partial charge in [-0.3, -0.25) is 4.79 Å². The van der Waals surface area contributed by atoms with Gasteiger partial charge < -0.3 is 0 Å². The van der Waals surface area contributed by atoms with Gasteiger partial charge in [-0.15, -0.1) is 0 Å². The molecule has 1 aromatic heterocycles. The third kappa shape index (κ3) is 3.11. The van der Waals surface area contributed by atoms with E-state index >= 15 is 0 Å². The fourth-order valence-corrected chi connectivity index (χ4v) is 3.05. The second kappa shape index (κ2) is 6.72. The number of halogens is 1. The van der Waals surface area contributed by atoms with Crippen molar-refractivity contribution in [3.8, 4) is 16.9 Å². The number of hydrazone groups is 1. The number of aromatic nitrogens is 2. The predicted octanol–water partition coefficient (Wildman–Crippen LogP) is 4.19. The van der Waals surface area contributed by atoms with Crippen LogP contribution in [-0.2, 0) is 4.79 Å². The van der Waals surface area contributed by atoms with Gasteiger partial charge in [0.15, 0.2) is 0 Å². The number of para-hydroxylation sites is 1. The Bertz CT molecular complexity index is 1030. The van der Waals surface area contributed by atoms with Gasteiger partial charge in [-0.25, -0.2) is 10.1 Å². The molecule has 3 aromatic rings. The van der Waals surface area contributed by atoms with Crippen LogP contribution < -0.4 is 5.43 Å². The van der Waals surface area contributed by atoms with E-state index in [0.29, 0.717) is 11.3 Å². The summed E-state index contributed by atoms with van der Waals surface area (Å²) in [5.41, 5.74) is 7.31. The van der Waals surface area contributed by atoms with E-state index in [-0.39, 0.29) is 5.91 Å². The summed E-state index contributed by atoms with van der Waals surface area (Å²) in [6.07, 6.45) is 3.77. The molecule has 26 heavy (non-hydrogen) atoms. The molecule has 1 aliphatic rings. The molecule has 0 saturated heterocycles. The smallest absolute Gasteiger partial charge is 0.267 e. The van der Waals surface area contributed by atoms with Crippen LogP contribution >= 0.6 is 15.9 Å². The van der Waals surface area contributed by atoms with E-state index in [1.165, 1.54) is 0 Å². The van der Waals surface area contributed by atoms with Gasteiger partial charge in [0.2, 0.25) is 0 Å². The molecule has 0 saturated carbocycles. The van der Waals surface area contributed by atoms with E-state index in [2.05, 4.69) is 26.5 Å². The molecule has 4 rings (SSSR count). The summed E-state index contributed by atoms with van der Waals surface area (Å²) in [4.78, 5) is 12.0. The third-order valence-corrected chi connectivity index (χ3v) is 4.67. The second-order valence-corrected chi connectivity index (χ2v) is 6.83. The molecular weight excluding hydrogens is 392 g/mol. The van der Waals surface area contributed by atoms with Gasteiger partial charge in [0.25, 0.3) is 5.91 Å². The van der Waals surface area contributed by atoms with Crippen LogP contribution in [0.5, 0.6) is 0 Å². The van der Waals surface area contributed by atoms with Crippen molar-refractivity contribution in [3.63, 3.8) is 0 Å². The number of rotatable bonds is 3. The highest BCUT2D eigenvalue weighted by atomic mass is 79.9. The first-order valence-electron chi connectivity index (χ1n) is 8.09. The summed E-state index contributed by atoms with van der Waals surface area (Å²) in [5, 5.41) is 8.75. The van der Waals surface area contributed by atoms with E-state index < -0.39 is 0 Å². The summed E-state index contributed by atoms with van der Waals surface area (Å²) >= 11 is 3.46. The fourth-order valence-electron chi connectivity index (χ4n) is 2.78. The highest BCUT2D eigenvalue weighted by Gasteiger charge is 2.20. The first-order valence-corrected chi connectivity index (χ1v) is 8.89. The molecule has 1 aliphatic heterocycles. The van der Waals surface area contributed by atoms with Crippen molar-refractivity contribution in [1.82, 2.24) is 15.2 Å². The molecule has 5 nitrogen and oxygen atoms in total. The average molecular weight is 407 g/mol. The van der Waals surface area contributed by atoms with E-state index in [0.717, 1.165) is 27.0 Å². The first-order chi connectivity index (χ1) is 12.6. The van der Waals surface area contributed by atoms with Crippen molar-refractivity contribution >= 4 is 33.6 Å². The van der Waals surface area contributed by atoms with Crippen molar-refractivity contribution in [2.24, 2.45) is 5.10 Å². The van der Waals surface area contributed by atoms with Gasteiger partial charge in [-0.1, -0.05) is 46.3 Å². The number of hydrogen-bond acceptors (Lipinski definition) is 3. The van der Waals surface area contributed by atoms with E-state index in [1.54, 1.807) is 0 Å². The quantitative estimate of drug-likeness (QED) is 0.662. The lowest BCUT2D eigenvalue weighted by atomic mass is 10.0. The molecule has 1 N–H and O–H groups in total. The van der Waals surface area contributed by atoms with Gasteiger partial charge in [-0.05, 0) is 37.3 Å². The van der Waals surface area contributed by atoms with Gasteiger partial charge in [0.05, 0.1) is 22.7 Å². The lowest BCUT2D eigenvalue weighted by Gasteiger charge is -2.01. The van der Waals surface area contributed by atoms with E-state index in [1.807, 2.05) is 78.5 Å². The second-order valence-electron chi connectivity index (χ2n) is 5.92. The zero-order valence-electron chi connectivity index (χ0n) is 14.0. The zero-order valence-corrected chi connectivity index (χ0v) is 15.6. The minimum Gasteiger partial charge on any atom is -0.267 e. The van der Waals surface area contributed by atoms with Crippen LogP contribution in [0.3, 0.4) is 0 Å². The molecular formula is C20H15BrN4O. The van der Waals surface area contributed by atoms with Gasteiger partial charge >= 0.3 is 0 Å². The van der Waals surface area contributed by atoms with E-state index in [4.69, 9.17) is 5.10 Å². The molecule has 0 spiro atoms. The third-order valence-electron chi connectivity index (χ3n) is 4.14. The normalized spacial score (nSPS) is 15.2. The average Bonchev–Trinajstić information content (AvgIpc) is 3.22. The van der Waals surface area contributed by atoms with Crippen molar-refractivity contribution in [1.29, 1.82) is 0 Å². The van der Waals surface area contributed by atoms with E-state index in [9.17, 15) is 4.79 Å². The molecule has 0 unspecified atom stereocenters. The molecule has 0 bridgehead atoms. The summed E-state index contributed by atoms with van der Waals surface area (Å²) in [5.74, 6) is -0.197. The zero-order chi connectivity index (χ0) is 18.1. The summed E-state index contributed by atoms with van der Waals surface area (Å²) in [6.45, 7) is 1.81. The Morgan fingerprint density at radius 1 is 1.08 bits per heavy atom. The predicted molar refractivity (Wildman–Crippen MR) is 106 cm³/mol. The Balaban J connectivity index is 1.87. The number of hydrogen-bond donors (Lipinski definition) is 1. The molecule has 1 amide bonds. The maximum atomic E-state index is 12.0. The lowest BCUT2D eigenvalue weighted by Crippen LogP contribution is -2.12. The highest BCUT2D eigenvalue weighted by molar-refractivity contribution is 9.10. The fraction of sp³-hybridized carbons (Fsp3) is 0.0500. The van der Waals surface area contributed by atoms with Crippen LogP contribution in [0.15, 0.2) is 75.9 Å². The number of carbonyl (C=O) groups excluding carboxylic acids is 1. The molecule has 2 aromatic carbocycles. The topological polar surface area (TPSA) is 59.3 Å². The van der Waals surface area contributed by atoms with Crippen LogP contribution in [0.25, 0.3) is 23.0 Å². The Morgan fingerprint density at radius 3 is 2.46 bits per heavy atom. The molecule has 0 aliphatic carbocycles. The van der Waals surface area contributed by atoms with Gasteiger partial charge in [-0.2, -0.15) is 10.2 Å². The summed E-state index contributed by atoms with van der Waals surface area (Å²) in [6, 6.07) is 17.8. The Hall–Kier alpha value is -2.99. The monoisotopic (exact) mass is 406 g/mol. The maximum Gasteiger partial charge on any atom is 0.273 e. The molecule has 0 fully saturated rings. The maximum absolute atomic E-state index is 12.0. The van der Waals surface area contributed by atoms with Crippen LogP contribution in [0.1, 0.15) is 12.5 Å². The molecule has 128 valence electrons. The SMILES string of the molecule is CC1=NNC(=O)C1=Cc1cn(-c2ccccc2)nc1-c1ccc(Br)cc1. The number of carbonyl (C=O) groups is 1. The largest absolute Gasteiger partial charge is 0.273 e. The Kier molecular flexibility index (Phi) is 4.26. The van der Waals surface area contributed by atoms with Crippen molar-refractivity contribution < 1.29 is 4.79 Å². The Labute approximate surface area is 159 Å². The van der Waals surface area contributed by atoms with Crippen molar-refractivity contribution in [2.75, 3.05) is 0 Å². The first kappa shape index (κ1) is 16.5. The van der Waals surface area contributed by atoms with Crippen LogP contribution in [-0.4, -0.2) is 21.4 Å². The van der Waals surface area contributed by atoms with Crippen LogP contribution in [0.2, 0.25) is 0 Å². The lowest BCUT2D eigenvalue weighted by molar-refractivity contribution is -0.116. The number of amides is 1. The van der Waals surface area contributed by atoms with Crippen molar-refractivity contribution in [2.45, 2.75) is 6.92 Å². The summed E-state index contributed by atoms with van der Waals surface area (Å²) in [7, 11) is 0. The summed E-state index contributed by atoms with van der Waals surface area (Å²) < 4.78 is 2.82. The highest BCUT2D eigenvalue weighted by Crippen LogP contribution is 2.27. The molecule has 6 heteroatoms. The van der Waals surface area contributed by atoms with Gasteiger partial charge in [0, 0.05) is 21.8 Å². The minimum absolute atomic E-state index is 0.197. The Morgan fingerprint density at radius 2 is 1.81 bits per heavy atom. The minimum atomic E-state index is -0.197. The van der Waals surface area contributed by atoms with Gasteiger partial charge in [0.1, 0.15) is 0 Å². The number of nitrogens with one attached hydrogen (secondary N) is 1.